The van der Waals surface area contributed by atoms with Crippen molar-refractivity contribution in [3.8, 4) is 0 Å². The lowest BCUT2D eigenvalue weighted by Crippen LogP contribution is -2.45. The number of aliphatic hydroxyl groups excluding tert-OH is 1. The molecule has 0 bridgehead atoms. The highest BCUT2D eigenvalue weighted by Gasteiger charge is 2.26. The first kappa shape index (κ1) is 19.8. The van der Waals surface area contributed by atoms with Gasteiger partial charge < -0.3 is 10.4 Å². The highest BCUT2D eigenvalue weighted by Crippen LogP contribution is 2.27. The van der Waals surface area contributed by atoms with Crippen LogP contribution in [0.4, 0.5) is 0 Å². The number of aromatic nitrogens is 2. The number of hydrogen-bond donors (Lipinski definition) is 2. The summed E-state index contributed by atoms with van der Waals surface area (Å²) in [6.45, 7) is 2.05. The third-order valence-corrected chi connectivity index (χ3v) is 5.96. The van der Waals surface area contributed by atoms with E-state index < -0.39 is 6.10 Å². The molecule has 2 atom stereocenters. The van der Waals surface area contributed by atoms with E-state index in [0.717, 1.165) is 47.8 Å². The number of amides is 1. The standard InChI is InChI=1S/C23H24ClN3O2/c1-14-16(11-15-8-9-21(24)26-13-15)12-18(22-17(14)5-4-10-25-22)23(29)27-19-6-2-3-7-20(19)28/h4-5,8-10,12-13,19-20,28H,2-3,6-7,11H2,1H3,(H,27,29)/t19-,20-/m0/s1. The van der Waals surface area contributed by atoms with Crippen molar-refractivity contribution < 1.29 is 9.90 Å². The van der Waals surface area contributed by atoms with Gasteiger partial charge >= 0.3 is 0 Å². The average molecular weight is 410 g/mol. The number of hydrogen-bond acceptors (Lipinski definition) is 4. The molecule has 150 valence electrons. The molecule has 0 aliphatic heterocycles. The molecule has 1 aromatic carbocycles. The molecule has 1 aliphatic rings. The minimum atomic E-state index is -0.489. The van der Waals surface area contributed by atoms with Gasteiger partial charge in [0.15, 0.2) is 0 Å². The summed E-state index contributed by atoms with van der Waals surface area (Å²) >= 11 is 5.90. The summed E-state index contributed by atoms with van der Waals surface area (Å²) in [7, 11) is 0. The van der Waals surface area contributed by atoms with Crippen molar-refractivity contribution in [3.63, 3.8) is 0 Å². The van der Waals surface area contributed by atoms with Crippen molar-refractivity contribution in [1.29, 1.82) is 0 Å². The fourth-order valence-corrected chi connectivity index (χ4v) is 4.17. The number of pyridine rings is 2. The van der Waals surface area contributed by atoms with Crippen LogP contribution in [0.1, 0.15) is 52.7 Å². The number of nitrogens with zero attached hydrogens (tertiary/aromatic N) is 2. The lowest BCUT2D eigenvalue weighted by atomic mass is 9.91. The Balaban J connectivity index is 1.71. The number of benzene rings is 1. The van der Waals surface area contributed by atoms with E-state index in [9.17, 15) is 9.90 Å². The quantitative estimate of drug-likeness (QED) is 0.633. The molecule has 1 amide bonds. The van der Waals surface area contributed by atoms with Crippen LogP contribution in [0.3, 0.4) is 0 Å². The molecule has 5 nitrogen and oxygen atoms in total. The summed E-state index contributed by atoms with van der Waals surface area (Å²) in [6, 6.07) is 9.31. The van der Waals surface area contributed by atoms with Crippen molar-refractivity contribution in [2.45, 2.75) is 51.2 Å². The second-order valence-electron chi connectivity index (χ2n) is 7.71. The predicted octanol–water partition coefficient (Wildman–Crippen LogP) is 4.22. The van der Waals surface area contributed by atoms with Crippen LogP contribution in [0, 0.1) is 6.92 Å². The summed E-state index contributed by atoms with van der Waals surface area (Å²) < 4.78 is 0. The molecule has 1 aliphatic carbocycles. The number of rotatable bonds is 4. The lowest BCUT2D eigenvalue weighted by molar-refractivity contribution is 0.0718. The van der Waals surface area contributed by atoms with Crippen LogP contribution < -0.4 is 5.32 Å². The van der Waals surface area contributed by atoms with E-state index >= 15 is 0 Å². The first-order valence-electron chi connectivity index (χ1n) is 9.99. The lowest BCUT2D eigenvalue weighted by Gasteiger charge is -2.28. The Labute approximate surface area is 175 Å². The molecule has 4 rings (SSSR count). The number of carbonyl (C=O) groups is 1. The Morgan fingerprint density at radius 3 is 2.83 bits per heavy atom. The maximum absolute atomic E-state index is 13.1. The smallest absolute Gasteiger partial charge is 0.253 e. The first-order valence-corrected chi connectivity index (χ1v) is 10.4. The van der Waals surface area contributed by atoms with Crippen LogP contribution in [-0.2, 0) is 6.42 Å². The Morgan fingerprint density at radius 2 is 2.07 bits per heavy atom. The summed E-state index contributed by atoms with van der Waals surface area (Å²) in [6.07, 6.45) is 7.17. The van der Waals surface area contributed by atoms with E-state index in [0.29, 0.717) is 22.7 Å². The summed E-state index contributed by atoms with van der Waals surface area (Å²) in [4.78, 5) is 21.8. The van der Waals surface area contributed by atoms with E-state index in [1.807, 2.05) is 24.3 Å². The van der Waals surface area contributed by atoms with Crippen LogP contribution in [-0.4, -0.2) is 33.1 Å². The molecule has 0 radical (unpaired) electrons. The summed E-state index contributed by atoms with van der Waals surface area (Å²) in [5.74, 6) is -0.185. The van der Waals surface area contributed by atoms with Crippen molar-refractivity contribution in [2.24, 2.45) is 0 Å². The second kappa shape index (κ2) is 8.47. The van der Waals surface area contributed by atoms with Gasteiger partial charge in [0.2, 0.25) is 0 Å². The van der Waals surface area contributed by atoms with Gasteiger partial charge in [-0.15, -0.1) is 0 Å². The van der Waals surface area contributed by atoms with E-state index in [1.165, 1.54) is 0 Å². The summed E-state index contributed by atoms with van der Waals surface area (Å²) in [5.41, 5.74) is 4.39. The number of halogens is 1. The molecule has 6 heteroatoms. The molecule has 3 aromatic rings. The number of nitrogens with one attached hydrogen (secondary N) is 1. The second-order valence-corrected chi connectivity index (χ2v) is 8.09. The number of aliphatic hydroxyl groups is 1. The van der Waals surface area contributed by atoms with Crippen LogP contribution in [0.2, 0.25) is 5.15 Å². The largest absolute Gasteiger partial charge is 0.391 e. The van der Waals surface area contributed by atoms with Gasteiger partial charge in [0.1, 0.15) is 5.15 Å². The molecule has 1 saturated carbocycles. The average Bonchev–Trinajstić information content (AvgIpc) is 2.73. The SMILES string of the molecule is Cc1c(Cc2ccc(Cl)nc2)cc(C(=O)N[C@H]2CCCC[C@@H]2O)c2ncccc12. The minimum Gasteiger partial charge on any atom is -0.391 e. The topological polar surface area (TPSA) is 75.1 Å². The van der Waals surface area contributed by atoms with Gasteiger partial charge in [-0.1, -0.05) is 36.6 Å². The Bertz CT molecular complexity index is 1040. The normalized spacial score (nSPS) is 19.3. The zero-order chi connectivity index (χ0) is 20.4. The Morgan fingerprint density at radius 1 is 1.24 bits per heavy atom. The number of aryl methyl sites for hydroxylation is 1. The molecular formula is C23H24ClN3O2. The van der Waals surface area contributed by atoms with Crippen molar-refractivity contribution >= 4 is 28.4 Å². The van der Waals surface area contributed by atoms with Crippen LogP contribution in [0.5, 0.6) is 0 Å². The molecule has 0 unspecified atom stereocenters. The maximum atomic E-state index is 13.1. The molecule has 2 aromatic heterocycles. The fraction of sp³-hybridized carbons (Fsp3) is 0.348. The third-order valence-electron chi connectivity index (χ3n) is 5.74. The fourth-order valence-electron chi connectivity index (χ4n) is 4.06. The van der Waals surface area contributed by atoms with Crippen LogP contribution >= 0.6 is 11.6 Å². The van der Waals surface area contributed by atoms with Crippen LogP contribution in [0.15, 0.2) is 42.7 Å². The Hall–Kier alpha value is -2.50. The van der Waals surface area contributed by atoms with Gasteiger partial charge in [0.05, 0.1) is 23.2 Å². The van der Waals surface area contributed by atoms with E-state index in [4.69, 9.17) is 11.6 Å². The summed E-state index contributed by atoms with van der Waals surface area (Å²) in [5, 5.41) is 14.7. The van der Waals surface area contributed by atoms with Gasteiger partial charge in [-0.25, -0.2) is 4.98 Å². The van der Waals surface area contributed by atoms with Gasteiger partial charge in [-0.3, -0.25) is 9.78 Å². The predicted molar refractivity (Wildman–Crippen MR) is 114 cm³/mol. The molecule has 2 N–H and O–H groups in total. The maximum Gasteiger partial charge on any atom is 0.253 e. The first-order chi connectivity index (χ1) is 14.0. The van der Waals surface area contributed by atoms with E-state index in [1.54, 1.807) is 18.5 Å². The van der Waals surface area contributed by atoms with Gasteiger partial charge in [0.25, 0.3) is 5.91 Å². The van der Waals surface area contributed by atoms with Crippen LogP contribution in [0.25, 0.3) is 10.9 Å². The Kier molecular flexibility index (Phi) is 5.79. The van der Waals surface area contributed by atoms with Crippen molar-refractivity contribution in [1.82, 2.24) is 15.3 Å². The molecule has 1 fully saturated rings. The van der Waals surface area contributed by atoms with Gasteiger partial charge in [-0.2, -0.15) is 0 Å². The zero-order valence-electron chi connectivity index (χ0n) is 16.4. The third kappa shape index (κ3) is 4.26. The van der Waals surface area contributed by atoms with Crippen molar-refractivity contribution in [3.05, 3.63) is 70.1 Å². The van der Waals surface area contributed by atoms with E-state index in [2.05, 4.69) is 22.2 Å². The number of fused-ring (bicyclic) bond motifs is 1. The molecule has 0 saturated heterocycles. The van der Waals surface area contributed by atoms with Crippen molar-refractivity contribution in [2.75, 3.05) is 0 Å². The highest BCUT2D eigenvalue weighted by molar-refractivity contribution is 6.29. The minimum absolute atomic E-state index is 0.185. The molecule has 0 spiro atoms. The molecular weight excluding hydrogens is 386 g/mol. The number of carbonyl (C=O) groups excluding carboxylic acids is 1. The molecule has 29 heavy (non-hydrogen) atoms. The van der Waals surface area contributed by atoms with Gasteiger partial charge in [-0.05, 0) is 61.1 Å². The highest BCUT2D eigenvalue weighted by atomic mass is 35.5. The zero-order valence-corrected chi connectivity index (χ0v) is 17.1. The monoisotopic (exact) mass is 409 g/mol. The van der Waals surface area contributed by atoms with Gasteiger partial charge in [0, 0.05) is 17.8 Å². The van der Waals surface area contributed by atoms with E-state index in [-0.39, 0.29) is 11.9 Å². The molecule has 2 heterocycles.